The van der Waals surface area contributed by atoms with Gasteiger partial charge in [-0.3, -0.25) is 4.79 Å². The lowest BCUT2D eigenvalue weighted by Crippen LogP contribution is -2.06. The average molecular weight is 213 g/mol. The van der Waals surface area contributed by atoms with E-state index in [1.807, 2.05) is 29.0 Å². The van der Waals surface area contributed by atoms with Crippen molar-refractivity contribution >= 4 is 5.78 Å². The van der Waals surface area contributed by atoms with E-state index in [0.29, 0.717) is 0 Å². The lowest BCUT2D eigenvalue weighted by molar-refractivity contribution is 0.100. The van der Waals surface area contributed by atoms with E-state index in [2.05, 4.69) is 25.1 Å². The third kappa shape index (κ3) is 2.22. The van der Waals surface area contributed by atoms with Crippen LogP contribution in [0.15, 0.2) is 42.6 Å². The third-order valence-electron chi connectivity index (χ3n) is 2.63. The maximum absolute atomic E-state index is 11.4. The van der Waals surface area contributed by atoms with Crippen LogP contribution in [0.4, 0.5) is 0 Å². The van der Waals surface area contributed by atoms with Crippen LogP contribution in [0, 0.1) is 6.92 Å². The van der Waals surface area contributed by atoms with E-state index in [1.165, 1.54) is 11.1 Å². The molecule has 0 aliphatic carbocycles. The highest BCUT2D eigenvalue weighted by molar-refractivity contribution is 5.92. The van der Waals surface area contributed by atoms with E-state index >= 15 is 0 Å². The molecule has 1 aromatic carbocycles. The van der Waals surface area contributed by atoms with Crippen LogP contribution in [-0.4, -0.2) is 10.4 Å². The number of aromatic nitrogens is 1. The highest BCUT2D eigenvalue weighted by Gasteiger charge is 2.05. The molecule has 0 radical (unpaired) electrons. The van der Waals surface area contributed by atoms with Gasteiger partial charge < -0.3 is 4.57 Å². The molecule has 16 heavy (non-hydrogen) atoms. The molecule has 2 rings (SSSR count). The van der Waals surface area contributed by atoms with Crippen molar-refractivity contribution in [3.63, 3.8) is 0 Å². The van der Waals surface area contributed by atoms with Gasteiger partial charge in [-0.2, -0.15) is 0 Å². The molecule has 0 saturated carbocycles. The number of Topliss-reactive ketones (excluding diaryl/α,β-unsaturated/α-hetero) is 1. The van der Waals surface area contributed by atoms with Gasteiger partial charge in [0, 0.05) is 19.7 Å². The largest absolute Gasteiger partial charge is 0.341 e. The molecule has 0 saturated heterocycles. The Morgan fingerprint density at radius 2 is 2.06 bits per heavy atom. The van der Waals surface area contributed by atoms with Crippen LogP contribution in [-0.2, 0) is 6.54 Å². The standard InChI is InChI=1S/C14H15NO/c1-11-5-3-6-13(9-11)10-15-8-4-7-14(15)12(2)16/h3-9H,10H2,1-2H3. The minimum absolute atomic E-state index is 0.109. The second-order valence-corrected chi connectivity index (χ2v) is 4.07. The lowest BCUT2D eigenvalue weighted by Gasteiger charge is -2.07. The van der Waals surface area contributed by atoms with Crippen LogP contribution < -0.4 is 0 Å². The Balaban J connectivity index is 2.27. The SMILES string of the molecule is CC(=O)c1cccn1Cc1cccc(C)c1. The van der Waals surface area contributed by atoms with Crippen LogP contribution in [0.5, 0.6) is 0 Å². The highest BCUT2D eigenvalue weighted by atomic mass is 16.1. The number of benzene rings is 1. The summed E-state index contributed by atoms with van der Waals surface area (Å²) in [7, 11) is 0. The number of carbonyl (C=O) groups excluding carboxylic acids is 1. The summed E-state index contributed by atoms with van der Waals surface area (Å²) in [6, 6.07) is 12.1. The monoisotopic (exact) mass is 213 g/mol. The fourth-order valence-corrected chi connectivity index (χ4v) is 1.88. The van der Waals surface area contributed by atoms with Crippen molar-refractivity contribution in [3.8, 4) is 0 Å². The second kappa shape index (κ2) is 4.35. The zero-order valence-electron chi connectivity index (χ0n) is 9.60. The zero-order chi connectivity index (χ0) is 11.5. The van der Waals surface area contributed by atoms with Gasteiger partial charge in [0.25, 0.3) is 0 Å². The molecular weight excluding hydrogens is 198 g/mol. The summed E-state index contributed by atoms with van der Waals surface area (Å²) < 4.78 is 1.98. The fourth-order valence-electron chi connectivity index (χ4n) is 1.88. The lowest BCUT2D eigenvalue weighted by atomic mass is 10.1. The Hall–Kier alpha value is -1.83. The summed E-state index contributed by atoms with van der Waals surface area (Å²) in [5.74, 6) is 0.109. The first-order valence-electron chi connectivity index (χ1n) is 5.38. The quantitative estimate of drug-likeness (QED) is 0.718. The minimum Gasteiger partial charge on any atom is -0.341 e. The first-order chi connectivity index (χ1) is 7.66. The Labute approximate surface area is 95.5 Å². The number of hydrogen-bond acceptors (Lipinski definition) is 1. The van der Waals surface area contributed by atoms with Gasteiger partial charge in [-0.1, -0.05) is 29.8 Å². The molecule has 1 heterocycles. The van der Waals surface area contributed by atoms with E-state index in [9.17, 15) is 4.79 Å². The van der Waals surface area contributed by atoms with E-state index in [1.54, 1.807) is 6.92 Å². The van der Waals surface area contributed by atoms with Crippen LogP contribution in [0.25, 0.3) is 0 Å². The Kier molecular flexibility index (Phi) is 2.91. The summed E-state index contributed by atoms with van der Waals surface area (Å²) in [5.41, 5.74) is 3.23. The summed E-state index contributed by atoms with van der Waals surface area (Å²) in [6.45, 7) is 4.43. The van der Waals surface area contributed by atoms with E-state index < -0.39 is 0 Å². The average Bonchev–Trinajstić information content (AvgIpc) is 2.66. The summed E-state index contributed by atoms with van der Waals surface area (Å²) in [4.78, 5) is 11.4. The number of carbonyl (C=O) groups is 1. The van der Waals surface area contributed by atoms with Gasteiger partial charge in [-0.05, 0) is 24.6 Å². The van der Waals surface area contributed by atoms with Crippen molar-refractivity contribution in [3.05, 3.63) is 59.4 Å². The first kappa shape index (κ1) is 10.7. The Morgan fingerprint density at radius 1 is 1.25 bits per heavy atom. The maximum Gasteiger partial charge on any atom is 0.176 e. The van der Waals surface area contributed by atoms with Crippen molar-refractivity contribution in [2.24, 2.45) is 0 Å². The predicted molar refractivity (Wildman–Crippen MR) is 64.7 cm³/mol. The molecule has 0 fully saturated rings. The normalized spacial score (nSPS) is 10.4. The maximum atomic E-state index is 11.4. The molecule has 0 aliphatic rings. The van der Waals surface area contributed by atoms with E-state index in [0.717, 1.165) is 12.2 Å². The van der Waals surface area contributed by atoms with Crippen molar-refractivity contribution < 1.29 is 4.79 Å². The summed E-state index contributed by atoms with van der Waals surface area (Å²) in [5, 5.41) is 0. The van der Waals surface area contributed by atoms with Gasteiger partial charge in [0.15, 0.2) is 5.78 Å². The molecule has 2 aromatic rings. The molecule has 0 unspecified atom stereocenters. The highest BCUT2D eigenvalue weighted by Crippen LogP contribution is 2.10. The van der Waals surface area contributed by atoms with Crippen molar-refractivity contribution in [1.29, 1.82) is 0 Å². The van der Waals surface area contributed by atoms with E-state index in [4.69, 9.17) is 0 Å². The third-order valence-corrected chi connectivity index (χ3v) is 2.63. The minimum atomic E-state index is 0.109. The summed E-state index contributed by atoms with van der Waals surface area (Å²) in [6.07, 6.45) is 1.94. The van der Waals surface area contributed by atoms with Crippen LogP contribution in [0.1, 0.15) is 28.5 Å². The molecule has 0 spiro atoms. The first-order valence-corrected chi connectivity index (χ1v) is 5.38. The van der Waals surface area contributed by atoms with Gasteiger partial charge in [0.1, 0.15) is 0 Å². The summed E-state index contributed by atoms with van der Waals surface area (Å²) >= 11 is 0. The predicted octanol–water partition coefficient (Wildman–Crippen LogP) is 3.05. The van der Waals surface area contributed by atoms with Gasteiger partial charge in [-0.25, -0.2) is 0 Å². The van der Waals surface area contributed by atoms with Crippen LogP contribution >= 0.6 is 0 Å². The van der Waals surface area contributed by atoms with Gasteiger partial charge in [0.05, 0.1) is 5.69 Å². The van der Waals surface area contributed by atoms with Crippen LogP contribution in [0.3, 0.4) is 0 Å². The van der Waals surface area contributed by atoms with Crippen molar-refractivity contribution in [1.82, 2.24) is 4.57 Å². The van der Waals surface area contributed by atoms with Crippen LogP contribution in [0.2, 0.25) is 0 Å². The molecule has 2 nitrogen and oxygen atoms in total. The second-order valence-electron chi connectivity index (χ2n) is 4.07. The molecule has 0 atom stereocenters. The zero-order valence-corrected chi connectivity index (χ0v) is 9.60. The number of aryl methyl sites for hydroxylation is 1. The van der Waals surface area contributed by atoms with Gasteiger partial charge in [-0.15, -0.1) is 0 Å². The smallest absolute Gasteiger partial charge is 0.176 e. The van der Waals surface area contributed by atoms with E-state index in [-0.39, 0.29) is 5.78 Å². The molecule has 0 aliphatic heterocycles. The Bertz CT molecular complexity index is 511. The molecule has 0 amide bonds. The van der Waals surface area contributed by atoms with Crippen molar-refractivity contribution in [2.75, 3.05) is 0 Å². The number of rotatable bonds is 3. The Morgan fingerprint density at radius 3 is 2.75 bits per heavy atom. The number of hydrogen-bond donors (Lipinski definition) is 0. The fraction of sp³-hybridized carbons (Fsp3) is 0.214. The molecule has 1 aromatic heterocycles. The molecule has 0 N–H and O–H groups in total. The number of nitrogens with zero attached hydrogens (tertiary/aromatic N) is 1. The molecular formula is C14H15NO. The topological polar surface area (TPSA) is 22.0 Å². The van der Waals surface area contributed by atoms with Crippen molar-refractivity contribution in [2.45, 2.75) is 20.4 Å². The van der Waals surface area contributed by atoms with Gasteiger partial charge >= 0.3 is 0 Å². The van der Waals surface area contributed by atoms with Gasteiger partial charge in [0.2, 0.25) is 0 Å². The molecule has 2 heteroatoms. The number of ketones is 1. The molecule has 0 bridgehead atoms. The molecule has 82 valence electrons.